The number of thiophene rings is 1. The maximum atomic E-state index is 6.48. The van der Waals surface area contributed by atoms with Gasteiger partial charge in [0.15, 0.2) is 0 Å². The van der Waals surface area contributed by atoms with Crippen LogP contribution in [-0.2, 0) is 6.54 Å². The van der Waals surface area contributed by atoms with Gasteiger partial charge in [-0.1, -0.05) is 19.1 Å². The molecule has 0 bridgehead atoms. The van der Waals surface area contributed by atoms with Crippen LogP contribution in [0.5, 0.6) is 0 Å². The van der Waals surface area contributed by atoms with Crippen molar-refractivity contribution >= 4 is 11.3 Å². The molecule has 0 aromatic carbocycles. The van der Waals surface area contributed by atoms with Crippen molar-refractivity contribution in [3.8, 4) is 0 Å². The minimum Gasteiger partial charge on any atom is -0.326 e. The van der Waals surface area contributed by atoms with E-state index in [9.17, 15) is 0 Å². The minimum atomic E-state index is 0.148. The zero-order chi connectivity index (χ0) is 14.7. The summed E-state index contributed by atoms with van der Waals surface area (Å²) in [6.07, 6.45) is 7.37. The van der Waals surface area contributed by atoms with Gasteiger partial charge >= 0.3 is 0 Å². The second-order valence-corrected chi connectivity index (χ2v) is 6.82. The fourth-order valence-electron chi connectivity index (χ4n) is 2.90. The summed E-state index contributed by atoms with van der Waals surface area (Å²) in [4.78, 5) is 8.31. The predicted molar refractivity (Wildman–Crippen MR) is 88.1 cm³/mol. The Hall–Kier alpha value is -1.23. The summed E-state index contributed by atoms with van der Waals surface area (Å²) in [6.45, 7) is 3.17. The van der Waals surface area contributed by atoms with Gasteiger partial charge in [-0.2, -0.15) is 0 Å². The van der Waals surface area contributed by atoms with Gasteiger partial charge in [0.25, 0.3) is 0 Å². The molecule has 3 rings (SSSR count). The van der Waals surface area contributed by atoms with E-state index in [0.29, 0.717) is 6.04 Å². The molecule has 0 saturated heterocycles. The Kier molecular flexibility index (Phi) is 4.68. The van der Waals surface area contributed by atoms with Gasteiger partial charge in [0, 0.05) is 35.9 Å². The van der Waals surface area contributed by atoms with Crippen molar-refractivity contribution < 1.29 is 0 Å². The summed E-state index contributed by atoms with van der Waals surface area (Å²) in [6, 6.07) is 9.61. The fourth-order valence-corrected chi connectivity index (χ4v) is 3.61. The van der Waals surface area contributed by atoms with E-state index in [-0.39, 0.29) is 12.1 Å². The van der Waals surface area contributed by atoms with Crippen LogP contribution in [-0.4, -0.2) is 22.0 Å². The maximum absolute atomic E-state index is 6.48. The molecule has 2 heterocycles. The molecule has 0 amide bonds. The molecule has 4 heteroatoms. The van der Waals surface area contributed by atoms with E-state index in [1.807, 2.05) is 29.8 Å². The van der Waals surface area contributed by atoms with Crippen LogP contribution >= 0.6 is 11.3 Å². The summed E-state index contributed by atoms with van der Waals surface area (Å²) in [5.74, 6) is 0. The third kappa shape index (κ3) is 3.51. The molecule has 1 saturated carbocycles. The van der Waals surface area contributed by atoms with Gasteiger partial charge in [-0.05, 0) is 42.3 Å². The first kappa shape index (κ1) is 14.7. The number of aromatic nitrogens is 1. The monoisotopic (exact) mass is 301 g/mol. The van der Waals surface area contributed by atoms with Crippen LogP contribution in [0.25, 0.3) is 0 Å². The molecule has 2 aromatic rings. The molecule has 0 spiro atoms. The first-order valence-electron chi connectivity index (χ1n) is 7.73. The van der Waals surface area contributed by atoms with Gasteiger partial charge < -0.3 is 5.73 Å². The maximum Gasteiger partial charge on any atom is 0.0521 e. The average Bonchev–Trinajstić information content (AvgIpc) is 3.24. The molecule has 1 aliphatic carbocycles. The van der Waals surface area contributed by atoms with Crippen LogP contribution in [0, 0.1) is 0 Å². The van der Waals surface area contributed by atoms with Crippen molar-refractivity contribution in [2.24, 2.45) is 5.73 Å². The van der Waals surface area contributed by atoms with Crippen LogP contribution in [0.2, 0.25) is 0 Å². The zero-order valence-electron chi connectivity index (χ0n) is 12.5. The van der Waals surface area contributed by atoms with Crippen LogP contribution in [0.4, 0.5) is 0 Å². The molecule has 2 N–H and O–H groups in total. The van der Waals surface area contributed by atoms with Crippen molar-refractivity contribution in [1.29, 1.82) is 0 Å². The molecule has 3 nitrogen and oxygen atoms in total. The van der Waals surface area contributed by atoms with Crippen LogP contribution in [0.3, 0.4) is 0 Å². The van der Waals surface area contributed by atoms with Crippen molar-refractivity contribution in [1.82, 2.24) is 9.88 Å². The smallest absolute Gasteiger partial charge is 0.0521 e. The summed E-state index contributed by atoms with van der Waals surface area (Å²) in [7, 11) is 0. The Bertz CT molecular complexity index is 536. The molecular weight excluding hydrogens is 278 g/mol. The van der Waals surface area contributed by atoms with Crippen molar-refractivity contribution in [3.63, 3.8) is 0 Å². The molecular formula is C17H23N3S. The van der Waals surface area contributed by atoms with Gasteiger partial charge in [0.05, 0.1) is 6.04 Å². The van der Waals surface area contributed by atoms with Crippen LogP contribution < -0.4 is 5.73 Å². The average molecular weight is 301 g/mol. The lowest BCUT2D eigenvalue weighted by atomic mass is 9.97. The minimum absolute atomic E-state index is 0.148. The third-order valence-electron chi connectivity index (χ3n) is 4.19. The molecule has 112 valence electrons. The van der Waals surface area contributed by atoms with Crippen molar-refractivity contribution in [2.45, 2.75) is 50.9 Å². The van der Waals surface area contributed by atoms with E-state index in [2.05, 4.69) is 40.4 Å². The predicted octanol–water partition coefficient (Wildman–Crippen LogP) is 3.59. The number of hydrogen-bond acceptors (Lipinski definition) is 4. The normalized spacial score (nSPS) is 17.9. The number of nitrogens with two attached hydrogens (primary N) is 1. The quantitative estimate of drug-likeness (QED) is 0.850. The highest BCUT2D eigenvalue weighted by atomic mass is 32.1. The Balaban J connectivity index is 1.88. The first-order chi connectivity index (χ1) is 10.3. The van der Waals surface area contributed by atoms with E-state index in [1.54, 1.807) is 0 Å². The number of hydrogen-bond donors (Lipinski definition) is 1. The molecule has 1 aliphatic rings. The first-order valence-corrected chi connectivity index (χ1v) is 8.61. The zero-order valence-corrected chi connectivity index (χ0v) is 13.3. The van der Waals surface area contributed by atoms with Crippen molar-refractivity contribution in [3.05, 3.63) is 52.5 Å². The second-order valence-electron chi connectivity index (χ2n) is 5.79. The Morgan fingerprint density at radius 2 is 2.24 bits per heavy atom. The van der Waals surface area contributed by atoms with Crippen molar-refractivity contribution in [2.75, 3.05) is 0 Å². The Labute approximate surface area is 130 Å². The van der Waals surface area contributed by atoms with Crippen LogP contribution in [0.15, 0.2) is 42.0 Å². The van der Waals surface area contributed by atoms with E-state index >= 15 is 0 Å². The third-order valence-corrected chi connectivity index (χ3v) is 5.06. The standard InChI is InChI=1S/C17H23N3S/c1-2-16(18)17(13-5-3-9-19-11-13)20(14-7-8-14)12-15-6-4-10-21-15/h3-6,9-11,14,16-17H,2,7-8,12,18H2,1H3. The Morgan fingerprint density at radius 1 is 1.38 bits per heavy atom. The lowest BCUT2D eigenvalue weighted by Gasteiger charge is -2.35. The van der Waals surface area contributed by atoms with Gasteiger partial charge in [0.1, 0.15) is 0 Å². The molecule has 0 radical (unpaired) electrons. The summed E-state index contributed by atoms with van der Waals surface area (Å²) < 4.78 is 0. The van der Waals surface area contributed by atoms with Gasteiger partial charge in [-0.3, -0.25) is 9.88 Å². The fraction of sp³-hybridized carbons (Fsp3) is 0.471. The Morgan fingerprint density at radius 3 is 2.81 bits per heavy atom. The van der Waals surface area contributed by atoms with E-state index < -0.39 is 0 Å². The highest BCUT2D eigenvalue weighted by Gasteiger charge is 2.37. The van der Waals surface area contributed by atoms with Crippen LogP contribution in [0.1, 0.15) is 42.7 Å². The van der Waals surface area contributed by atoms with E-state index in [4.69, 9.17) is 5.73 Å². The molecule has 2 aromatic heterocycles. The van der Waals surface area contributed by atoms with E-state index in [1.165, 1.54) is 23.3 Å². The van der Waals surface area contributed by atoms with Gasteiger partial charge in [-0.25, -0.2) is 0 Å². The molecule has 1 fully saturated rings. The second kappa shape index (κ2) is 6.69. The van der Waals surface area contributed by atoms with Gasteiger partial charge in [-0.15, -0.1) is 11.3 Å². The largest absolute Gasteiger partial charge is 0.326 e. The number of rotatable bonds is 7. The SMILES string of the molecule is CCC(N)C(c1cccnc1)N(Cc1cccs1)C1CC1. The summed E-state index contributed by atoms with van der Waals surface area (Å²) in [5, 5.41) is 2.15. The summed E-state index contributed by atoms with van der Waals surface area (Å²) >= 11 is 1.83. The summed E-state index contributed by atoms with van der Waals surface area (Å²) in [5.41, 5.74) is 7.72. The number of pyridine rings is 1. The molecule has 21 heavy (non-hydrogen) atoms. The molecule has 2 unspecified atom stereocenters. The van der Waals surface area contributed by atoms with Gasteiger partial charge in [0.2, 0.25) is 0 Å². The lowest BCUT2D eigenvalue weighted by Crippen LogP contribution is -2.41. The lowest BCUT2D eigenvalue weighted by molar-refractivity contribution is 0.152. The number of nitrogens with zero attached hydrogens (tertiary/aromatic N) is 2. The topological polar surface area (TPSA) is 42.1 Å². The molecule has 0 aliphatic heterocycles. The highest BCUT2D eigenvalue weighted by molar-refractivity contribution is 7.09. The van der Waals surface area contributed by atoms with E-state index in [0.717, 1.165) is 13.0 Å². The highest BCUT2D eigenvalue weighted by Crippen LogP contribution is 2.38. The molecule has 2 atom stereocenters.